The van der Waals surface area contributed by atoms with Crippen molar-refractivity contribution in [1.29, 1.82) is 0 Å². The molecule has 0 aliphatic heterocycles. The van der Waals surface area contributed by atoms with Gasteiger partial charge in [0.1, 0.15) is 0 Å². The number of terminal acetylenes is 1. The Morgan fingerprint density at radius 2 is 2.20 bits per heavy atom. The molecule has 0 aliphatic carbocycles. The van der Waals surface area contributed by atoms with Gasteiger partial charge in [-0.1, -0.05) is 20.3 Å². The molecular formula is C9H17N. The topological polar surface area (TPSA) is 12.0 Å². The van der Waals surface area contributed by atoms with Crippen LogP contribution in [-0.2, 0) is 0 Å². The molecule has 0 amide bonds. The second-order valence-corrected chi connectivity index (χ2v) is 2.45. The van der Waals surface area contributed by atoms with Crippen LogP contribution in [0.3, 0.4) is 0 Å². The Balaban J connectivity index is 3.42. The van der Waals surface area contributed by atoms with E-state index in [1.807, 2.05) is 0 Å². The van der Waals surface area contributed by atoms with Crippen LogP contribution in [0.4, 0.5) is 0 Å². The first-order valence-electron chi connectivity index (χ1n) is 4.02. The van der Waals surface area contributed by atoms with Crippen LogP contribution < -0.4 is 5.32 Å². The van der Waals surface area contributed by atoms with E-state index in [9.17, 15) is 0 Å². The minimum Gasteiger partial charge on any atom is -0.313 e. The Bertz CT molecular complexity index is 95.8. The molecule has 1 nitrogen and oxygen atoms in total. The summed E-state index contributed by atoms with van der Waals surface area (Å²) >= 11 is 0. The van der Waals surface area contributed by atoms with Crippen LogP contribution in [-0.4, -0.2) is 12.6 Å². The molecule has 1 atom stereocenters. The van der Waals surface area contributed by atoms with Gasteiger partial charge >= 0.3 is 0 Å². The van der Waals surface area contributed by atoms with Crippen molar-refractivity contribution in [2.75, 3.05) is 6.54 Å². The molecule has 0 bridgehead atoms. The van der Waals surface area contributed by atoms with E-state index in [0.717, 1.165) is 13.0 Å². The van der Waals surface area contributed by atoms with Crippen LogP contribution in [0.25, 0.3) is 0 Å². The predicted octanol–water partition coefficient (Wildman–Crippen LogP) is 1.79. The average Bonchev–Trinajstić information content (AvgIpc) is 1.90. The standard InChI is InChI=1S/C9H17N/c1-4-7-9(8-5-2)10-6-3/h1,9-10H,5-8H2,2-3H3. The third-order valence-electron chi connectivity index (χ3n) is 1.49. The van der Waals surface area contributed by atoms with Gasteiger partial charge in [-0.2, -0.15) is 0 Å². The van der Waals surface area contributed by atoms with E-state index in [2.05, 4.69) is 25.1 Å². The molecule has 0 aromatic rings. The van der Waals surface area contributed by atoms with E-state index in [0.29, 0.717) is 6.04 Å². The SMILES string of the molecule is C#CCC(CCC)NCC. The van der Waals surface area contributed by atoms with Crippen molar-refractivity contribution in [3.8, 4) is 12.3 Å². The molecule has 0 rings (SSSR count). The maximum absolute atomic E-state index is 5.20. The van der Waals surface area contributed by atoms with Crippen molar-refractivity contribution in [3.05, 3.63) is 0 Å². The van der Waals surface area contributed by atoms with Crippen LogP contribution in [0.2, 0.25) is 0 Å². The lowest BCUT2D eigenvalue weighted by atomic mass is 10.1. The first-order valence-corrected chi connectivity index (χ1v) is 4.02. The molecule has 0 spiro atoms. The summed E-state index contributed by atoms with van der Waals surface area (Å²) in [4.78, 5) is 0. The highest BCUT2D eigenvalue weighted by Gasteiger charge is 2.01. The summed E-state index contributed by atoms with van der Waals surface area (Å²) in [6, 6.07) is 0.542. The normalized spacial score (nSPS) is 12.5. The van der Waals surface area contributed by atoms with Crippen molar-refractivity contribution in [2.24, 2.45) is 0 Å². The van der Waals surface area contributed by atoms with Crippen LogP contribution in [0.5, 0.6) is 0 Å². The second kappa shape index (κ2) is 6.64. The third kappa shape index (κ3) is 4.40. The van der Waals surface area contributed by atoms with E-state index in [1.165, 1.54) is 12.8 Å². The first-order chi connectivity index (χ1) is 4.85. The minimum atomic E-state index is 0.542. The van der Waals surface area contributed by atoms with Crippen molar-refractivity contribution in [1.82, 2.24) is 5.32 Å². The van der Waals surface area contributed by atoms with E-state index in [4.69, 9.17) is 6.42 Å². The molecule has 0 heterocycles. The smallest absolute Gasteiger partial charge is 0.0240 e. The molecule has 0 saturated heterocycles. The van der Waals surface area contributed by atoms with E-state index in [1.54, 1.807) is 0 Å². The second-order valence-electron chi connectivity index (χ2n) is 2.45. The Kier molecular flexibility index (Phi) is 6.32. The monoisotopic (exact) mass is 139 g/mol. The Hall–Kier alpha value is -0.480. The quantitative estimate of drug-likeness (QED) is 0.573. The summed E-state index contributed by atoms with van der Waals surface area (Å²) < 4.78 is 0. The van der Waals surface area contributed by atoms with Gasteiger partial charge in [-0.3, -0.25) is 0 Å². The molecule has 1 unspecified atom stereocenters. The van der Waals surface area contributed by atoms with Gasteiger partial charge in [0.05, 0.1) is 0 Å². The molecule has 0 aromatic carbocycles. The van der Waals surface area contributed by atoms with Gasteiger partial charge in [-0.25, -0.2) is 0 Å². The van der Waals surface area contributed by atoms with Crippen LogP contribution in [0.1, 0.15) is 33.1 Å². The number of hydrogen-bond acceptors (Lipinski definition) is 1. The van der Waals surface area contributed by atoms with E-state index < -0.39 is 0 Å². The van der Waals surface area contributed by atoms with Gasteiger partial charge in [0, 0.05) is 12.5 Å². The fraction of sp³-hybridized carbons (Fsp3) is 0.778. The minimum absolute atomic E-state index is 0.542. The molecule has 0 saturated carbocycles. The van der Waals surface area contributed by atoms with Gasteiger partial charge in [0.15, 0.2) is 0 Å². The number of rotatable bonds is 5. The summed E-state index contributed by atoms with van der Waals surface area (Å²) in [6.07, 6.45) is 8.46. The van der Waals surface area contributed by atoms with Gasteiger partial charge in [0.2, 0.25) is 0 Å². The fourth-order valence-electron chi connectivity index (χ4n) is 1.06. The lowest BCUT2D eigenvalue weighted by Gasteiger charge is -2.12. The number of hydrogen-bond donors (Lipinski definition) is 1. The molecule has 10 heavy (non-hydrogen) atoms. The lowest BCUT2D eigenvalue weighted by Crippen LogP contribution is -2.27. The summed E-state index contributed by atoms with van der Waals surface area (Å²) in [5.74, 6) is 2.67. The maximum atomic E-state index is 5.20. The van der Waals surface area contributed by atoms with Crippen molar-refractivity contribution < 1.29 is 0 Å². The molecule has 0 fully saturated rings. The summed E-state index contributed by atoms with van der Waals surface area (Å²) in [5.41, 5.74) is 0. The van der Waals surface area contributed by atoms with Gasteiger partial charge < -0.3 is 5.32 Å². The van der Waals surface area contributed by atoms with E-state index >= 15 is 0 Å². The molecule has 0 aliphatic rings. The van der Waals surface area contributed by atoms with Crippen molar-refractivity contribution >= 4 is 0 Å². The fourth-order valence-corrected chi connectivity index (χ4v) is 1.06. The zero-order chi connectivity index (χ0) is 7.82. The molecule has 0 radical (unpaired) electrons. The summed E-state index contributed by atoms with van der Waals surface area (Å²) in [6.45, 7) is 5.31. The number of nitrogens with one attached hydrogen (secondary N) is 1. The van der Waals surface area contributed by atoms with Crippen molar-refractivity contribution in [3.63, 3.8) is 0 Å². The van der Waals surface area contributed by atoms with Crippen molar-refractivity contribution in [2.45, 2.75) is 39.2 Å². The highest BCUT2D eigenvalue weighted by Crippen LogP contribution is 1.99. The molecule has 1 N–H and O–H groups in total. The highest BCUT2D eigenvalue weighted by molar-refractivity contribution is 4.89. The first kappa shape index (κ1) is 9.52. The maximum Gasteiger partial charge on any atom is 0.0240 e. The lowest BCUT2D eigenvalue weighted by molar-refractivity contribution is 0.498. The predicted molar refractivity (Wildman–Crippen MR) is 45.8 cm³/mol. The molecule has 58 valence electrons. The largest absolute Gasteiger partial charge is 0.313 e. The van der Waals surface area contributed by atoms with Crippen LogP contribution in [0, 0.1) is 12.3 Å². The van der Waals surface area contributed by atoms with Gasteiger partial charge in [0.25, 0.3) is 0 Å². The zero-order valence-electron chi connectivity index (χ0n) is 6.98. The summed E-state index contributed by atoms with van der Waals surface area (Å²) in [5, 5.41) is 3.34. The van der Waals surface area contributed by atoms with Gasteiger partial charge in [-0.05, 0) is 13.0 Å². The van der Waals surface area contributed by atoms with Crippen LogP contribution >= 0.6 is 0 Å². The van der Waals surface area contributed by atoms with Gasteiger partial charge in [-0.15, -0.1) is 12.3 Å². The Morgan fingerprint density at radius 3 is 2.60 bits per heavy atom. The summed E-state index contributed by atoms with van der Waals surface area (Å²) in [7, 11) is 0. The van der Waals surface area contributed by atoms with Crippen LogP contribution in [0.15, 0.2) is 0 Å². The van der Waals surface area contributed by atoms with E-state index in [-0.39, 0.29) is 0 Å². The Labute approximate surface area is 64.2 Å². The zero-order valence-corrected chi connectivity index (χ0v) is 6.98. The molecule has 1 heteroatoms. The molecular weight excluding hydrogens is 122 g/mol. The average molecular weight is 139 g/mol. The highest BCUT2D eigenvalue weighted by atomic mass is 14.9. The third-order valence-corrected chi connectivity index (χ3v) is 1.49. The Morgan fingerprint density at radius 1 is 1.50 bits per heavy atom. The molecule has 0 aromatic heterocycles.